The van der Waals surface area contributed by atoms with E-state index in [1.54, 1.807) is 6.08 Å². The van der Waals surface area contributed by atoms with E-state index < -0.39 is 24.2 Å². The first kappa shape index (κ1) is 63.6. The summed E-state index contributed by atoms with van der Waals surface area (Å²) in [5, 5.41) is 33.4. The number of allylic oxidation sites excluding steroid dienone is 5. The monoisotopic (exact) mass is 914 g/mol. The summed E-state index contributed by atoms with van der Waals surface area (Å²) in [5.74, 6) is -0.509. The highest BCUT2D eigenvalue weighted by molar-refractivity contribution is 5.80. The summed E-state index contributed by atoms with van der Waals surface area (Å²) < 4.78 is 0. The lowest BCUT2D eigenvalue weighted by molar-refractivity contribution is -0.131. The lowest BCUT2D eigenvalue weighted by atomic mass is 10.0. The Morgan fingerprint density at radius 3 is 0.938 bits per heavy atom. The smallest absolute Gasteiger partial charge is 0.249 e. The topological polar surface area (TPSA) is 89.8 Å². The zero-order valence-electron chi connectivity index (χ0n) is 43.9. The number of aliphatic hydroxyl groups is 3. The normalized spacial score (nSPS) is 13.5. The fourth-order valence-electron chi connectivity index (χ4n) is 9.14. The molecule has 384 valence electrons. The van der Waals surface area contributed by atoms with Crippen molar-refractivity contribution in [1.82, 2.24) is 5.32 Å². The van der Waals surface area contributed by atoms with E-state index in [0.29, 0.717) is 6.42 Å². The summed E-state index contributed by atoms with van der Waals surface area (Å²) in [5.41, 5.74) is 0. The van der Waals surface area contributed by atoms with Gasteiger partial charge < -0.3 is 20.6 Å². The number of hydrogen-bond acceptors (Lipinski definition) is 4. The van der Waals surface area contributed by atoms with E-state index in [1.807, 2.05) is 6.08 Å². The van der Waals surface area contributed by atoms with Crippen molar-refractivity contribution in [2.24, 2.45) is 0 Å². The summed E-state index contributed by atoms with van der Waals surface area (Å²) in [4.78, 5) is 12.6. The third kappa shape index (κ3) is 50.3. The SMILES string of the molecule is CCCCCCCCCCCCCC/C=C\CCCCCCCCCCCCCC(O)C(=O)NC(CO)C(O)/C=C/CC/C=C/CCCCCCCCCCCCCCCCCCCC. The molecule has 0 heterocycles. The Hall–Kier alpha value is -1.43. The number of carbonyl (C=O) groups is 1. The molecule has 65 heavy (non-hydrogen) atoms. The fraction of sp³-hybridized carbons (Fsp3) is 0.883. The quantitative estimate of drug-likeness (QED) is 0.0361. The maximum absolute atomic E-state index is 12.6. The lowest BCUT2D eigenvalue weighted by Crippen LogP contribution is -2.48. The number of nitrogens with one attached hydrogen (secondary N) is 1. The van der Waals surface area contributed by atoms with Crippen molar-refractivity contribution in [2.75, 3.05) is 6.61 Å². The van der Waals surface area contributed by atoms with E-state index in [1.165, 1.54) is 257 Å². The molecule has 5 nitrogen and oxygen atoms in total. The largest absolute Gasteiger partial charge is 0.394 e. The van der Waals surface area contributed by atoms with Gasteiger partial charge >= 0.3 is 0 Å². The number of hydrogen-bond donors (Lipinski definition) is 4. The number of carbonyl (C=O) groups excluding carboxylic acids is 1. The summed E-state index contributed by atoms with van der Waals surface area (Å²) in [6.07, 6.45) is 72.3. The van der Waals surface area contributed by atoms with Crippen LogP contribution in [0.5, 0.6) is 0 Å². The maximum atomic E-state index is 12.6. The van der Waals surface area contributed by atoms with Crippen molar-refractivity contribution in [2.45, 2.75) is 334 Å². The van der Waals surface area contributed by atoms with Gasteiger partial charge in [0.2, 0.25) is 5.91 Å². The van der Waals surface area contributed by atoms with Crippen LogP contribution in [-0.4, -0.2) is 46.1 Å². The van der Waals surface area contributed by atoms with Crippen LogP contribution in [0.25, 0.3) is 0 Å². The summed E-state index contributed by atoms with van der Waals surface area (Å²) in [6, 6.07) is -0.816. The predicted molar refractivity (Wildman–Crippen MR) is 287 cm³/mol. The number of unbranched alkanes of at least 4 members (excludes halogenated alkanes) is 42. The molecule has 0 aliphatic rings. The average Bonchev–Trinajstić information content (AvgIpc) is 3.31. The first-order valence-corrected chi connectivity index (χ1v) is 29.3. The first-order chi connectivity index (χ1) is 32.1. The van der Waals surface area contributed by atoms with Crippen molar-refractivity contribution < 1.29 is 20.1 Å². The minimum Gasteiger partial charge on any atom is -0.394 e. The fourth-order valence-corrected chi connectivity index (χ4v) is 9.14. The van der Waals surface area contributed by atoms with E-state index in [-0.39, 0.29) is 6.61 Å². The number of aliphatic hydroxyl groups excluding tert-OH is 3. The molecule has 3 atom stereocenters. The molecule has 4 N–H and O–H groups in total. The highest BCUT2D eigenvalue weighted by Crippen LogP contribution is 2.17. The Balaban J connectivity index is 3.59. The minimum atomic E-state index is -1.11. The third-order valence-corrected chi connectivity index (χ3v) is 13.7. The van der Waals surface area contributed by atoms with E-state index in [9.17, 15) is 20.1 Å². The zero-order chi connectivity index (χ0) is 47.2. The van der Waals surface area contributed by atoms with Crippen LogP contribution < -0.4 is 5.32 Å². The van der Waals surface area contributed by atoms with Gasteiger partial charge in [-0.05, 0) is 57.8 Å². The van der Waals surface area contributed by atoms with Crippen LogP contribution >= 0.6 is 0 Å². The average molecular weight is 915 g/mol. The van der Waals surface area contributed by atoms with Crippen LogP contribution in [-0.2, 0) is 4.79 Å². The minimum absolute atomic E-state index is 0.375. The van der Waals surface area contributed by atoms with Crippen molar-refractivity contribution in [3.8, 4) is 0 Å². The Labute approximate surface area is 406 Å². The summed E-state index contributed by atoms with van der Waals surface area (Å²) >= 11 is 0. The molecule has 0 saturated heterocycles. The Kier molecular flexibility index (Phi) is 54.0. The Morgan fingerprint density at radius 1 is 0.369 bits per heavy atom. The molecule has 0 aromatic carbocycles. The summed E-state index contributed by atoms with van der Waals surface area (Å²) in [6.45, 7) is 4.21. The van der Waals surface area contributed by atoms with Gasteiger partial charge in [-0.3, -0.25) is 4.79 Å². The lowest BCUT2D eigenvalue weighted by Gasteiger charge is -2.21. The van der Waals surface area contributed by atoms with Gasteiger partial charge in [-0.15, -0.1) is 0 Å². The highest BCUT2D eigenvalue weighted by Gasteiger charge is 2.22. The molecule has 1 amide bonds. The second-order valence-electron chi connectivity index (χ2n) is 20.2. The molecule has 0 aromatic heterocycles. The van der Waals surface area contributed by atoms with E-state index in [0.717, 1.165) is 38.5 Å². The number of amides is 1. The predicted octanol–water partition coefficient (Wildman–Crippen LogP) is 18.2. The van der Waals surface area contributed by atoms with Crippen LogP contribution in [0.1, 0.15) is 316 Å². The molecule has 0 rings (SSSR count). The van der Waals surface area contributed by atoms with Gasteiger partial charge in [0.1, 0.15) is 6.10 Å². The zero-order valence-corrected chi connectivity index (χ0v) is 43.9. The van der Waals surface area contributed by atoms with Gasteiger partial charge in [0.25, 0.3) is 0 Å². The molecule has 5 heteroatoms. The van der Waals surface area contributed by atoms with Gasteiger partial charge in [-0.25, -0.2) is 0 Å². The van der Waals surface area contributed by atoms with E-state index >= 15 is 0 Å². The summed E-state index contributed by atoms with van der Waals surface area (Å²) in [7, 11) is 0. The van der Waals surface area contributed by atoms with Crippen molar-refractivity contribution >= 4 is 5.91 Å². The first-order valence-electron chi connectivity index (χ1n) is 29.3. The van der Waals surface area contributed by atoms with Crippen LogP contribution in [0, 0.1) is 0 Å². The van der Waals surface area contributed by atoms with Gasteiger partial charge in [-0.2, -0.15) is 0 Å². The van der Waals surface area contributed by atoms with Crippen molar-refractivity contribution in [3.05, 3.63) is 36.5 Å². The van der Waals surface area contributed by atoms with Gasteiger partial charge in [0.15, 0.2) is 0 Å². The molecular formula is C60H115NO4. The third-order valence-electron chi connectivity index (χ3n) is 13.7. The van der Waals surface area contributed by atoms with Crippen LogP contribution in [0.2, 0.25) is 0 Å². The number of rotatable bonds is 54. The standard InChI is InChI=1S/C60H115NO4/c1-3-5-7-9-11-13-15-17-19-21-23-25-27-29-30-31-33-35-37-39-41-43-45-47-49-51-53-55-59(64)60(65)61-57(56-62)58(63)54-52-50-48-46-44-42-40-38-36-34-32-28-26-24-22-20-18-16-14-12-10-8-6-4-2/h29-30,44,46,52,54,57-59,62-64H,3-28,31-43,45,47-51,53,55-56H2,1-2H3,(H,61,65)/b30-29-,46-44+,54-52+. The second-order valence-corrected chi connectivity index (χ2v) is 20.2. The molecule has 0 fully saturated rings. The Morgan fingerprint density at radius 2 is 0.631 bits per heavy atom. The van der Waals surface area contributed by atoms with Crippen LogP contribution in [0.4, 0.5) is 0 Å². The van der Waals surface area contributed by atoms with E-state index in [4.69, 9.17) is 0 Å². The molecule has 0 saturated carbocycles. The maximum Gasteiger partial charge on any atom is 0.249 e. The second kappa shape index (κ2) is 55.2. The van der Waals surface area contributed by atoms with Crippen LogP contribution in [0.3, 0.4) is 0 Å². The van der Waals surface area contributed by atoms with Crippen LogP contribution in [0.15, 0.2) is 36.5 Å². The van der Waals surface area contributed by atoms with Gasteiger partial charge in [-0.1, -0.05) is 294 Å². The molecular weight excluding hydrogens is 799 g/mol. The molecule has 0 spiro atoms. The molecule has 0 aliphatic heterocycles. The molecule has 0 aliphatic carbocycles. The van der Waals surface area contributed by atoms with Crippen molar-refractivity contribution in [1.29, 1.82) is 0 Å². The molecule has 0 bridgehead atoms. The Bertz CT molecular complexity index is 1010. The molecule has 0 aromatic rings. The van der Waals surface area contributed by atoms with Gasteiger partial charge in [0.05, 0.1) is 18.8 Å². The van der Waals surface area contributed by atoms with E-state index in [2.05, 4.69) is 43.5 Å². The molecule has 3 unspecified atom stereocenters. The molecule has 0 radical (unpaired) electrons. The van der Waals surface area contributed by atoms with Crippen molar-refractivity contribution in [3.63, 3.8) is 0 Å². The van der Waals surface area contributed by atoms with Gasteiger partial charge in [0, 0.05) is 0 Å². The highest BCUT2D eigenvalue weighted by atomic mass is 16.3.